The Labute approximate surface area is 283 Å². The average Bonchev–Trinajstić information content (AvgIpc) is 3.38. The lowest BCUT2D eigenvalue weighted by atomic mass is 9.32. The number of benzene rings is 1. The third kappa shape index (κ3) is 4.78. The van der Waals surface area contributed by atoms with Crippen molar-refractivity contribution in [3.8, 4) is 0 Å². The van der Waals surface area contributed by atoms with Crippen molar-refractivity contribution < 1.29 is 23.1 Å². The van der Waals surface area contributed by atoms with Crippen molar-refractivity contribution in [3.05, 3.63) is 53.6 Å². The second-order valence-electron chi connectivity index (χ2n) is 17.8. The van der Waals surface area contributed by atoms with Crippen molar-refractivity contribution in [1.82, 2.24) is 4.72 Å². The van der Waals surface area contributed by atoms with Gasteiger partial charge >= 0.3 is 5.97 Å². The van der Waals surface area contributed by atoms with Crippen LogP contribution in [0.4, 0.5) is 0 Å². The van der Waals surface area contributed by atoms with Crippen LogP contribution in [0.2, 0.25) is 0 Å². The molecule has 0 aliphatic heterocycles. The van der Waals surface area contributed by atoms with E-state index in [-0.39, 0.29) is 39.4 Å². The van der Waals surface area contributed by atoms with E-state index in [0.717, 1.165) is 68.9 Å². The fourth-order valence-electron chi connectivity index (χ4n) is 12.8. The summed E-state index contributed by atoms with van der Waals surface area (Å²) in [5.41, 5.74) is 3.43. The zero-order valence-electron chi connectivity index (χ0n) is 29.9. The molecule has 0 heterocycles. The first kappa shape index (κ1) is 34.5. The minimum absolute atomic E-state index is 0.0358. The molecule has 6 rings (SSSR count). The molecule has 47 heavy (non-hydrogen) atoms. The molecule has 6 nitrogen and oxygen atoms in total. The van der Waals surface area contributed by atoms with Gasteiger partial charge in [0.15, 0.2) is 0 Å². The monoisotopic (exact) mass is 663 g/mol. The molecule has 7 heteroatoms. The van der Waals surface area contributed by atoms with E-state index >= 15 is 0 Å². The molecule has 4 fully saturated rings. The van der Waals surface area contributed by atoms with Gasteiger partial charge in [0.25, 0.3) is 0 Å². The topological polar surface area (TPSA) is 101 Å². The van der Waals surface area contributed by atoms with Gasteiger partial charge in [-0.3, -0.25) is 9.52 Å². The first-order valence-electron chi connectivity index (χ1n) is 18.0. The SMILES string of the molecule is C=C(C)[C@@H]1CC[C@]2(C(=O)NS(=O)(=O)C(C)C)CC[C@]3(C)C(CCC4[C@@]5(C)CC=C(c6ccc(C(=O)O)cc6)C(C)(C)C5CC[C@]43C)C12. The summed E-state index contributed by atoms with van der Waals surface area (Å²) in [6.07, 6.45) is 11.2. The van der Waals surface area contributed by atoms with E-state index in [4.69, 9.17) is 0 Å². The van der Waals surface area contributed by atoms with Crippen LogP contribution >= 0.6 is 0 Å². The molecule has 5 aliphatic carbocycles. The number of hydrogen-bond acceptors (Lipinski definition) is 4. The molecule has 0 radical (unpaired) electrons. The summed E-state index contributed by atoms with van der Waals surface area (Å²) >= 11 is 0. The number of nitrogens with one attached hydrogen (secondary N) is 1. The Kier molecular flexibility index (Phi) is 8.10. The molecule has 258 valence electrons. The minimum Gasteiger partial charge on any atom is -0.478 e. The molecule has 0 spiro atoms. The number of amides is 1. The van der Waals surface area contributed by atoms with Gasteiger partial charge in [-0.25, -0.2) is 13.2 Å². The molecule has 5 aliphatic rings. The number of carboxylic acid groups (broad SMARTS) is 1. The number of carbonyl (C=O) groups excluding carboxylic acids is 1. The molecular formula is C40H57NO5S. The Hall–Kier alpha value is -2.41. The van der Waals surface area contributed by atoms with E-state index in [1.165, 1.54) is 5.57 Å². The molecule has 0 bridgehead atoms. The van der Waals surface area contributed by atoms with Crippen LogP contribution in [0.15, 0.2) is 42.5 Å². The number of aromatic carboxylic acids is 1. The number of carbonyl (C=O) groups is 2. The van der Waals surface area contributed by atoms with Gasteiger partial charge in [-0.1, -0.05) is 65.0 Å². The van der Waals surface area contributed by atoms with Crippen molar-refractivity contribution in [1.29, 1.82) is 0 Å². The molecule has 1 amide bonds. The van der Waals surface area contributed by atoms with Crippen LogP contribution in [-0.4, -0.2) is 30.7 Å². The molecule has 1 aromatic rings. The van der Waals surface area contributed by atoms with Crippen LogP contribution in [0, 0.1) is 56.7 Å². The van der Waals surface area contributed by atoms with Crippen molar-refractivity contribution >= 4 is 27.5 Å². The fourth-order valence-corrected chi connectivity index (χ4v) is 13.5. The van der Waals surface area contributed by atoms with Crippen LogP contribution in [-0.2, 0) is 14.8 Å². The molecule has 4 saturated carbocycles. The second kappa shape index (κ2) is 11.1. The summed E-state index contributed by atoms with van der Waals surface area (Å²) in [7, 11) is -3.72. The van der Waals surface area contributed by atoms with Gasteiger partial charge < -0.3 is 5.11 Å². The summed E-state index contributed by atoms with van der Waals surface area (Å²) in [5, 5.41) is 8.79. The lowest BCUT2D eigenvalue weighted by molar-refractivity contribution is -0.224. The maximum absolute atomic E-state index is 14.2. The zero-order valence-corrected chi connectivity index (χ0v) is 30.7. The predicted molar refractivity (Wildman–Crippen MR) is 188 cm³/mol. The van der Waals surface area contributed by atoms with Crippen LogP contribution in [0.3, 0.4) is 0 Å². The molecule has 0 aromatic heterocycles. The number of hydrogen-bond donors (Lipinski definition) is 2. The van der Waals surface area contributed by atoms with Crippen LogP contribution < -0.4 is 4.72 Å². The van der Waals surface area contributed by atoms with Gasteiger partial charge in [0, 0.05) is 0 Å². The highest BCUT2D eigenvalue weighted by Crippen LogP contribution is 2.77. The van der Waals surface area contributed by atoms with E-state index in [1.54, 1.807) is 26.0 Å². The summed E-state index contributed by atoms with van der Waals surface area (Å²) in [4.78, 5) is 25.7. The standard InChI is InChI=1S/C40H57NO5S/c1-24(2)28-16-21-40(35(44)41-47(45,46)25(3)4)23-22-38(8)30(33(28)40)14-15-32-37(7)19-17-29(26-10-12-27(13-11-26)34(42)43)36(5,6)31(37)18-20-39(32,38)9/h10-13,17,25,28,30-33H,1,14-16,18-23H2,2-9H3,(H,41,44)(H,42,43)/t28-,30?,31?,32?,33?,37-,38+,39+,40-/m0/s1. The normalized spacial score (nSPS) is 40.7. The van der Waals surface area contributed by atoms with Gasteiger partial charge in [-0.05, 0) is 153 Å². The van der Waals surface area contributed by atoms with Crippen LogP contribution in [0.25, 0.3) is 5.57 Å². The minimum atomic E-state index is -3.72. The van der Waals surface area contributed by atoms with Gasteiger partial charge in [0.05, 0.1) is 16.2 Å². The van der Waals surface area contributed by atoms with Crippen molar-refractivity contribution in [2.45, 2.75) is 118 Å². The largest absolute Gasteiger partial charge is 0.478 e. The van der Waals surface area contributed by atoms with E-state index in [2.05, 4.69) is 58.9 Å². The molecule has 2 N–H and O–H groups in total. The van der Waals surface area contributed by atoms with Crippen molar-refractivity contribution in [3.63, 3.8) is 0 Å². The lowest BCUT2D eigenvalue weighted by Crippen LogP contribution is -2.66. The Morgan fingerprint density at radius 2 is 1.55 bits per heavy atom. The van der Waals surface area contributed by atoms with Crippen molar-refractivity contribution in [2.24, 2.45) is 56.7 Å². The highest BCUT2D eigenvalue weighted by Gasteiger charge is 2.71. The fraction of sp³-hybridized carbons (Fsp3) is 0.700. The Morgan fingerprint density at radius 1 is 0.894 bits per heavy atom. The third-order valence-electron chi connectivity index (χ3n) is 15.4. The number of rotatable bonds is 6. The first-order valence-corrected chi connectivity index (χ1v) is 19.6. The third-order valence-corrected chi connectivity index (χ3v) is 17.1. The van der Waals surface area contributed by atoms with E-state index < -0.39 is 26.7 Å². The number of allylic oxidation sites excluding steroid dienone is 3. The van der Waals surface area contributed by atoms with E-state index in [9.17, 15) is 23.1 Å². The summed E-state index contributed by atoms with van der Waals surface area (Å²) in [6.45, 7) is 22.3. The summed E-state index contributed by atoms with van der Waals surface area (Å²) in [5.74, 6) is 0.534. The van der Waals surface area contributed by atoms with E-state index in [1.807, 2.05) is 12.1 Å². The predicted octanol–water partition coefficient (Wildman–Crippen LogP) is 8.89. The zero-order chi connectivity index (χ0) is 34.5. The maximum atomic E-state index is 14.2. The summed E-state index contributed by atoms with van der Waals surface area (Å²) < 4.78 is 28.5. The Morgan fingerprint density at radius 3 is 2.15 bits per heavy atom. The number of sulfonamides is 1. The van der Waals surface area contributed by atoms with Crippen LogP contribution in [0.5, 0.6) is 0 Å². The Balaban J connectivity index is 1.36. The molecule has 9 atom stereocenters. The smallest absolute Gasteiger partial charge is 0.335 e. The second-order valence-corrected chi connectivity index (χ2v) is 20.0. The van der Waals surface area contributed by atoms with Gasteiger partial charge in [-0.15, -0.1) is 0 Å². The highest BCUT2D eigenvalue weighted by molar-refractivity contribution is 7.90. The average molecular weight is 664 g/mol. The molecule has 1 aromatic carbocycles. The quantitative estimate of drug-likeness (QED) is 0.296. The van der Waals surface area contributed by atoms with Crippen molar-refractivity contribution in [2.75, 3.05) is 0 Å². The molecule has 0 saturated heterocycles. The highest BCUT2D eigenvalue weighted by atomic mass is 32.2. The summed E-state index contributed by atoms with van der Waals surface area (Å²) in [6, 6.07) is 7.42. The molecule has 4 unspecified atom stereocenters. The van der Waals surface area contributed by atoms with Gasteiger partial charge in [-0.2, -0.15) is 0 Å². The maximum Gasteiger partial charge on any atom is 0.335 e. The van der Waals surface area contributed by atoms with Crippen LogP contribution in [0.1, 0.15) is 129 Å². The number of fused-ring (bicyclic) bond motifs is 7. The van der Waals surface area contributed by atoms with Gasteiger partial charge in [0.2, 0.25) is 15.9 Å². The Bertz CT molecular complexity index is 1620. The number of carboxylic acids is 1. The lowest BCUT2D eigenvalue weighted by Gasteiger charge is -2.72. The van der Waals surface area contributed by atoms with Gasteiger partial charge in [0.1, 0.15) is 0 Å². The first-order chi connectivity index (χ1) is 21.8. The van der Waals surface area contributed by atoms with E-state index in [0.29, 0.717) is 23.3 Å². The molecular weight excluding hydrogens is 607 g/mol.